The lowest BCUT2D eigenvalue weighted by Crippen LogP contribution is -2.14. The standard InChI is InChI=1S/C18H18Cl2N2O5/c19-14-8-5-9-15(20)17(14)21-16-10-2-1-6-12(16)13(18(23)24)7-3-4-11-27-22(25)26/h1-2,5-6,8-10,13,21H,3-4,7,11H2,(H,23,24). The first kappa shape index (κ1) is 20.8. The third kappa shape index (κ3) is 6.01. The molecule has 1 unspecified atom stereocenters. The maximum atomic E-state index is 11.8. The molecule has 27 heavy (non-hydrogen) atoms. The van der Waals surface area contributed by atoms with E-state index in [2.05, 4.69) is 10.2 Å². The molecule has 1 atom stereocenters. The summed E-state index contributed by atoms with van der Waals surface area (Å²) >= 11 is 12.4. The number of para-hydroxylation sites is 2. The number of carbonyl (C=O) groups is 1. The molecule has 0 amide bonds. The number of unbranched alkanes of at least 4 members (excludes halogenated alkanes) is 1. The molecule has 0 radical (unpaired) electrons. The number of aliphatic carboxylic acids is 1. The summed E-state index contributed by atoms with van der Waals surface area (Å²) in [5, 5.41) is 22.9. The Morgan fingerprint density at radius 1 is 1.15 bits per heavy atom. The Balaban J connectivity index is 2.17. The van der Waals surface area contributed by atoms with E-state index in [0.29, 0.717) is 46.2 Å². The number of nitrogens with zero attached hydrogens (tertiary/aromatic N) is 1. The molecule has 0 spiro atoms. The van der Waals surface area contributed by atoms with Gasteiger partial charge in [0, 0.05) is 5.69 Å². The first-order chi connectivity index (χ1) is 12.9. The van der Waals surface area contributed by atoms with Crippen LogP contribution in [0.15, 0.2) is 42.5 Å². The molecule has 2 aromatic carbocycles. The molecule has 144 valence electrons. The first-order valence-electron chi connectivity index (χ1n) is 8.20. The Morgan fingerprint density at radius 3 is 2.44 bits per heavy atom. The quantitative estimate of drug-likeness (QED) is 0.312. The van der Waals surface area contributed by atoms with Crippen LogP contribution in [0.1, 0.15) is 30.7 Å². The van der Waals surface area contributed by atoms with Crippen LogP contribution < -0.4 is 5.32 Å². The fourth-order valence-corrected chi connectivity index (χ4v) is 3.16. The number of carboxylic acids is 1. The zero-order chi connectivity index (χ0) is 19.8. The summed E-state index contributed by atoms with van der Waals surface area (Å²) in [4.78, 5) is 26.2. The normalized spacial score (nSPS) is 11.6. The van der Waals surface area contributed by atoms with Crippen LogP contribution in [0.3, 0.4) is 0 Å². The number of halogens is 2. The van der Waals surface area contributed by atoms with Crippen LogP contribution in [0.5, 0.6) is 0 Å². The van der Waals surface area contributed by atoms with E-state index in [4.69, 9.17) is 23.2 Å². The second-order valence-electron chi connectivity index (χ2n) is 5.75. The second-order valence-corrected chi connectivity index (χ2v) is 6.57. The molecule has 2 rings (SSSR count). The van der Waals surface area contributed by atoms with Gasteiger partial charge >= 0.3 is 5.97 Å². The lowest BCUT2D eigenvalue weighted by molar-refractivity contribution is -0.757. The van der Waals surface area contributed by atoms with Crippen LogP contribution in [0.2, 0.25) is 10.0 Å². The summed E-state index contributed by atoms with van der Waals surface area (Å²) < 4.78 is 0. The summed E-state index contributed by atoms with van der Waals surface area (Å²) in [6.07, 6.45) is 1.16. The number of anilines is 2. The Labute approximate surface area is 166 Å². The van der Waals surface area contributed by atoms with Crippen molar-refractivity contribution in [2.24, 2.45) is 0 Å². The van der Waals surface area contributed by atoms with E-state index in [9.17, 15) is 20.0 Å². The van der Waals surface area contributed by atoms with Crippen molar-refractivity contribution >= 4 is 40.5 Å². The summed E-state index contributed by atoms with van der Waals surface area (Å²) in [7, 11) is 0. The molecule has 0 aromatic heterocycles. The lowest BCUT2D eigenvalue weighted by atomic mass is 9.92. The number of rotatable bonds is 10. The predicted molar refractivity (Wildman–Crippen MR) is 103 cm³/mol. The van der Waals surface area contributed by atoms with Gasteiger partial charge in [-0.15, -0.1) is 10.1 Å². The van der Waals surface area contributed by atoms with Crippen LogP contribution >= 0.6 is 23.2 Å². The molecule has 0 aliphatic carbocycles. The summed E-state index contributed by atoms with van der Waals surface area (Å²) in [6.45, 7) is -0.0610. The molecule has 2 aromatic rings. The third-order valence-corrected chi connectivity index (χ3v) is 4.57. The average Bonchev–Trinajstić information content (AvgIpc) is 2.61. The molecule has 0 saturated heterocycles. The number of hydrogen-bond acceptors (Lipinski definition) is 5. The monoisotopic (exact) mass is 412 g/mol. The number of hydrogen-bond donors (Lipinski definition) is 2. The minimum absolute atomic E-state index is 0.0610. The van der Waals surface area contributed by atoms with Crippen LogP contribution in [0, 0.1) is 10.1 Å². The molecule has 7 nitrogen and oxygen atoms in total. The van der Waals surface area contributed by atoms with Gasteiger partial charge in [0.1, 0.15) is 0 Å². The number of nitrogens with one attached hydrogen (secondary N) is 1. The fraction of sp³-hybridized carbons (Fsp3) is 0.278. The zero-order valence-corrected chi connectivity index (χ0v) is 15.7. The summed E-state index contributed by atoms with van der Waals surface area (Å²) in [5.74, 6) is -1.77. The van der Waals surface area contributed by atoms with E-state index in [1.165, 1.54) is 0 Å². The van der Waals surface area contributed by atoms with Gasteiger partial charge in [0.2, 0.25) is 0 Å². The van der Waals surface area contributed by atoms with Crippen LogP contribution in [0.4, 0.5) is 11.4 Å². The van der Waals surface area contributed by atoms with Gasteiger partial charge < -0.3 is 15.3 Å². The Hall–Kier alpha value is -2.51. The van der Waals surface area contributed by atoms with Gasteiger partial charge in [0.15, 0.2) is 0 Å². The predicted octanol–water partition coefficient (Wildman–Crippen LogP) is 5.28. The van der Waals surface area contributed by atoms with E-state index in [-0.39, 0.29) is 6.61 Å². The molecular weight excluding hydrogens is 395 g/mol. The van der Waals surface area contributed by atoms with Gasteiger partial charge in [-0.25, -0.2) is 0 Å². The maximum absolute atomic E-state index is 11.8. The zero-order valence-electron chi connectivity index (χ0n) is 14.2. The minimum atomic E-state index is -0.982. The molecule has 0 heterocycles. The van der Waals surface area contributed by atoms with E-state index in [0.717, 1.165) is 0 Å². The highest BCUT2D eigenvalue weighted by Crippen LogP contribution is 2.36. The van der Waals surface area contributed by atoms with Gasteiger partial charge in [0.05, 0.1) is 28.3 Å². The SMILES string of the molecule is O=C(O)C(CCCCO[N+](=O)[O-])c1ccccc1Nc1c(Cl)cccc1Cl. The van der Waals surface area contributed by atoms with Crippen LogP contribution in [0.25, 0.3) is 0 Å². The lowest BCUT2D eigenvalue weighted by Gasteiger charge is -2.19. The number of carboxylic acid groups (broad SMARTS) is 1. The maximum Gasteiger partial charge on any atom is 0.311 e. The van der Waals surface area contributed by atoms with Crippen molar-refractivity contribution in [2.75, 3.05) is 11.9 Å². The highest BCUT2D eigenvalue weighted by Gasteiger charge is 2.23. The van der Waals surface area contributed by atoms with E-state index in [1.54, 1.807) is 42.5 Å². The second kappa shape index (κ2) is 9.99. The molecule has 9 heteroatoms. The van der Waals surface area contributed by atoms with Crippen molar-refractivity contribution in [2.45, 2.75) is 25.2 Å². The molecule has 0 bridgehead atoms. The van der Waals surface area contributed by atoms with Crippen molar-refractivity contribution in [1.29, 1.82) is 0 Å². The summed E-state index contributed by atoms with van der Waals surface area (Å²) in [6, 6.07) is 12.1. The first-order valence-corrected chi connectivity index (χ1v) is 8.95. The van der Waals surface area contributed by atoms with Gasteiger partial charge in [0.25, 0.3) is 5.09 Å². The van der Waals surface area contributed by atoms with Crippen molar-refractivity contribution in [1.82, 2.24) is 0 Å². The van der Waals surface area contributed by atoms with Crippen molar-refractivity contribution in [3.8, 4) is 0 Å². The third-order valence-electron chi connectivity index (χ3n) is 3.94. The smallest absolute Gasteiger partial charge is 0.311 e. The molecular formula is C18H18Cl2N2O5. The Bertz CT molecular complexity index is 796. The van der Waals surface area contributed by atoms with Crippen LogP contribution in [-0.4, -0.2) is 22.8 Å². The van der Waals surface area contributed by atoms with E-state index in [1.807, 2.05) is 0 Å². The molecule has 2 N–H and O–H groups in total. The Morgan fingerprint density at radius 2 is 1.81 bits per heavy atom. The van der Waals surface area contributed by atoms with Gasteiger partial charge in [-0.05, 0) is 36.6 Å². The van der Waals surface area contributed by atoms with E-state index >= 15 is 0 Å². The van der Waals surface area contributed by atoms with Crippen molar-refractivity contribution in [3.05, 3.63) is 68.2 Å². The molecule has 0 aliphatic rings. The highest BCUT2D eigenvalue weighted by atomic mass is 35.5. The summed E-state index contributed by atoms with van der Waals surface area (Å²) in [5.41, 5.74) is 1.66. The van der Waals surface area contributed by atoms with Gasteiger partial charge in [-0.2, -0.15) is 0 Å². The molecule has 0 aliphatic heterocycles. The van der Waals surface area contributed by atoms with Crippen molar-refractivity contribution in [3.63, 3.8) is 0 Å². The van der Waals surface area contributed by atoms with Crippen LogP contribution in [-0.2, 0) is 9.63 Å². The fourth-order valence-electron chi connectivity index (χ4n) is 2.67. The topological polar surface area (TPSA) is 102 Å². The molecule has 0 saturated carbocycles. The molecule has 0 fully saturated rings. The Kier molecular flexibility index (Phi) is 7.69. The highest BCUT2D eigenvalue weighted by molar-refractivity contribution is 6.39. The average molecular weight is 413 g/mol. The van der Waals surface area contributed by atoms with E-state index < -0.39 is 17.0 Å². The minimum Gasteiger partial charge on any atom is -0.481 e. The number of benzene rings is 2. The van der Waals surface area contributed by atoms with Gasteiger partial charge in [-0.1, -0.05) is 53.9 Å². The van der Waals surface area contributed by atoms with Gasteiger partial charge in [-0.3, -0.25) is 4.79 Å². The largest absolute Gasteiger partial charge is 0.481 e. The van der Waals surface area contributed by atoms with Crippen molar-refractivity contribution < 1.29 is 19.8 Å².